The van der Waals surface area contributed by atoms with Crippen molar-refractivity contribution >= 4 is 15.9 Å². The highest BCUT2D eigenvalue weighted by molar-refractivity contribution is 7.88. The number of sulfonamides is 1. The van der Waals surface area contributed by atoms with E-state index in [0.29, 0.717) is 43.0 Å². The number of carbonyl (C=O) groups excluding carboxylic acids is 1. The van der Waals surface area contributed by atoms with Crippen molar-refractivity contribution in [2.45, 2.75) is 44.4 Å². The lowest BCUT2D eigenvalue weighted by Crippen LogP contribution is -2.44. The summed E-state index contributed by atoms with van der Waals surface area (Å²) in [5, 5.41) is 3.17. The molecule has 4 rings (SSSR count). The molecule has 35 heavy (non-hydrogen) atoms. The third kappa shape index (κ3) is 6.96. The van der Waals surface area contributed by atoms with Crippen LogP contribution >= 0.6 is 0 Å². The predicted molar refractivity (Wildman–Crippen MR) is 135 cm³/mol. The molecule has 1 N–H and O–H groups in total. The van der Waals surface area contributed by atoms with E-state index in [1.165, 1.54) is 16.1 Å². The minimum atomic E-state index is -3.17. The highest BCUT2D eigenvalue weighted by Crippen LogP contribution is 2.31. The summed E-state index contributed by atoms with van der Waals surface area (Å²) in [7, 11) is -1.62. The molecular weight excluding hydrogens is 466 g/mol. The van der Waals surface area contributed by atoms with E-state index in [-0.39, 0.29) is 18.1 Å². The molecule has 8 nitrogen and oxygen atoms in total. The highest BCUT2D eigenvalue weighted by atomic mass is 32.2. The Labute approximate surface area is 208 Å². The molecule has 0 aliphatic carbocycles. The molecule has 0 spiro atoms. The summed E-state index contributed by atoms with van der Waals surface area (Å²) in [5.41, 5.74) is 1.85. The summed E-state index contributed by atoms with van der Waals surface area (Å²) < 4.78 is 36.5. The first-order chi connectivity index (χ1) is 16.8. The summed E-state index contributed by atoms with van der Waals surface area (Å²) >= 11 is 0. The van der Waals surface area contributed by atoms with Gasteiger partial charge in [-0.2, -0.15) is 0 Å². The van der Waals surface area contributed by atoms with Gasteiger partial charge >= 0.3 is 0 Å². The van der Waals surface area contributed by atoms with Gasteiger partial charge in [-0.15, -0.1) is 0 Å². The Morgan fingerprint density at radius 3 is 2.29 bits per heavy atom. The first-order valence-electron chi connectivity index (χ1n) is 12.2. The van der Waals surface area contributed by atoms with E-state index in [1.807, 2.05) is 6.07 Å². The van der Waals surface area contributed by atoms with Crippen molar-refractivity contribution in [1.82, 2.24) is 14.5 Å². The molecule has 2 aliphatic heterocycles. The van der Waals surface area contributed by atoms with Gasteiger partial charge in [-0.3, -0.25) is 9.69 Å². The number of amides is 1. The van der Waals surface area contributed by atoms with E-state index in [0.717, 1.165) is 32.5 Å². The Balaban J connectivity index is 1.28. The van der Waals surface area contributed by atoms with Crippen LogP contribution in [0.3, 0.4) is 0 Å². The normalized spacial score (nSPS) is 18.8. The largest absolute Gasteiger partial charge is 0.493 e. The second-order valence-electron chi connectivity index (χ2n) is 9.35. The third-order valence-corrected chi connectivity index (χ3v) is 8.06. The Hall–Kier alpha value is -2.62. The molecule has 2 fully saturated rings. The fourth-order valence-electron chi connectivity index (χ4n) is 4.71. The summed E-state index contributed by atoms with van der Waals surface area (Å²) in [6.45, 7) is 3.72. The lowest BCUT2D eigenvalue weighted by Gasteiger charge is -2.32. The smallest absolute Gasteiger partial charge is 0.251 e. The van der Waals surface area contributed by atoms with Crippen LogP contribution in [0.1, 0.15) is 41.6 Å². The Bertz CT molecular complexity index is 1090. The summed E-state index contributed by atoms with van der Waals surface area (Å²) in [4.78, 5) is 15.3. The van der Waals surface area contributed by atoms with Crippen LogP contribution in [0.25, 0.3) is 0 Å². The molecule has 2 aromatic carbocycles. The second-order valence-corrected chi connectivity index (χ2v) is 11.3. The van der Waals surface area contributed by atoms with E-state index in [4.69, 9.17) is 9.47 Å². The van der Waals surface area contributed by atoms with Gasteiger partial charge in [0.05, 0.1) is 13.4 Å². The Kier molecular flexibility index (Phi) is 8.30. The molecule has 2 saturated heterocycles. The van der Waals surface area contributed by atoms with Gasteiger partial charge in [0.15, 0.2) is 11.5 Å². The predicted octanol–water partition coefficient (Wildman–Crippen LogP) is 2.89. The lowest BCUT2D eigenvalue weighted by atomic mass is 10.0. The molecule has 0 bridgehead atoms. The number of ether oxygens (including phenoxy) is 2. The van der Waals surface area contributed by atoms with Gasteiger partial charge in [0.25, 0.3) is 5.91 Å². The zero-order valence-electron chi connectivity index (χ0n) is 20.5. The summed E-state index contributed by atoms with van der Waals surface area (Å²) in [5.74, 6) is 0.953. The van der Waals surface area contributed by atoms with Crippen LogP contribution < -0.4 is 14.8 Å². The molecule has 0 atom stereocenters. The number of benzene rings is 2. The SMILES string of the molecule is COc1cc(C(=O)NC2CCN(Cc3ccccc3)CC2)ccc1OC1CCN(S(C)(=O)=O)CC1. The number of hydrogen-bond donors (Lipinski definition) is 1. The number of hydrogen-bond acceptors (Lipinski definition) is 6. The molecule has 2 aromatic rings. The summed E-state index contributed by atoms with van der Waals surface area (Å²) in [6.07, 6.45) is 4.20. The van der Waals surface area contributed by atoms with Gasteiger partial charge in [0.2, 0.25) is 10.0 Å². The molecule has 1 amide bonds. The second kappa shape index (κ2) is 11.4. The van der Waals surface area contributed by atoms with E-state index < -0.39 is 10.0 Å². The van der Waals surface area contributed by atoms with Gasteiger partial charge in [-0.25, -0.2) is 12.7 Å². The molecule has 2 aliphatic rings. The van der Waals surface area contributed by atoms with E-state index in [1.54, 1.807) is 25.3 Å². The van der Waals surface area contributed by atoms with Crippen molar-refractivity contribution in [2.24, 2.45) is 0 Å². The molecule has 190 valence electrons. The Morgan fingerprint density at radius 2 is 1.66 bits per heavy atom. The van der Waals surface area contributed by atoms with Gasteiger partial charge in [0.1, 0.15) is 6.10 Å². The number of rotatable bonds is 8. The standard InChI is InChI=1S/C26H35N3O5S/c1-33-25-18-21(8-9-24(25)34-23-12-16-29(17-13-23)35(2,31)32)26(30)27-22-10-14-28(15-11-22)19-20-6-4-3-5-7-20/h3-9,18,22-23H,10-17,19H2,1-2H3,(H,27,30). The van der Waals surface area contributed by atoms with Crippen molar-refractivity contribution in [1.29, 1.82) is 0 Å². The number of nitrogens with zero attached hydrogens (tertiary/aromatic N) is 2. The van der Waals surface area contributed by atoms with Crippen LogP contribution in [0.5, 0.6) is 11.5 Å². The van der Waals surface area contributed by atoms with Gasteiger partial charge in [0, 0.05) is 44.3 Å². The van der Waals surface area contributed by atoms with Crippen LogP contribution in [-0.2, 0) is 16.6 Å². The van der Waals surface area contributed by atoms with Crippen molar-refractivity contribution in [2.75, 3.05) is 39.5 Å². The highest BCUT2D eigenvalue weighted by Gasteiger charge is 2.27. The average Bonchev–Trinajstić information content (AvgIpc) is 2.86. The maximum Gasteiger partial charge on any atom is 0.251 e. The number of methoxy groups -OCH3 is 1. The molecule has 2 heterocycles. The molecule has 0 saturated carbocycles. The first-order valence-corrected chi connectivity index (χ1v) is 14.0. The van der Waals surface area contributed by atoms with Crippen molar-refractivity contribution in [3.05, 3.63) is 59.7 Å². The zero-order chi connectivity index (χ0) is 24.8. The lowest BCUT2D eigenvalue weighted by molar-refractivity contribution is 0.0908. The zero-order valence-corrected chi connectivity index (χ0v) is 21.3. The average molecular weight is 502 g/mol. The fourth-order valence-corrected chi connectivity index (χ4v) is 5.59. The van der Waals surface area contributed by atoms with E-state index >= 15 is 0 Å². The monoisotopic (exact) mass is 501 g/mol. The fraction of sp³-hybridized carbons (Fsp3) is 0.500. The minimum absolute atomic E-state index is 0.0948. The van der Waals surface area contributed by atoms with Crippen molar-refractivity contribution in [3.8, 4) is 11.5 Å². The number of likely N-dealkylation sites (tertiary alicyclic amines) is 1. The summed E-state index contributed by atoms with van der Waals surface area (Å²) in [6, 6.07) is 15.8. The topological polar surface area (TPSA) is 88.2 Å². The number of piperidine rings is 2. The van der Waals surface area contributed by atoms with Gasteiger partial charge in [-0.1, -0.05) is 30.3 Å². The molecule has 0 aromatic heterocycles. The number of nitrogens with one attached hydrogen (secondary N) is 1. The van der Waals surface area contributed by atoms with Crippen LogP contribution in [-0.4, -0.2) is 75.2 Å². The van der Waals surface area contributed by atoms with Crippen molar-refractivity contribution in [3.63, 3.8) is 0 Å². The van der Waals surface area contributed by atoms with Crippen molar-refractivity contribution < 1.29 is 22.7 Å². The quantitative estimate of drug-likeness (QED) is 0.599. The molecule has 0 radical (unpaired) electrons. The van der Waals surface area contributed by atoms with Gasteiger partial charge < -0.3 is 14.8 Å². The van der Waals surface area contributed by atoms with Crippen LogP contribution in [0.4, 0.5) is 0 Å². The third-order valence-electron chi connectivity index (χ3n) is 6.76. The Morgan fingerprint density at radius 1 is 0.971 bits per heavy atom. The number of carbonyl (C=O) groups is 1. The van der Waals surface area contributed by atoms with Crippen LogP contribution in [0, 0.1) is 0 Å². The van der Waals surface area contributed by atoms with E-state index in [9.17, 15) is 13.2 Å². The van der Waals surface area contributed by atoms with E-state index in [2.05, 4.69) is 34.5 Å². The maximum atomic E-state index is 12.9. The van der Waals surface area contributed by atoms with Crippen LogP contribution in [0.2, 0.25) is 0 Å². The maximum absolute atomic E-state index is 12.9. The molecule has 9 heteroatoms. The molecular formula is C26H35N3O5S. The van der Waals surface area contributed by atoms with Gasteiger partial charge in [-0.05, 0) is 49.4 Å². The minimum Gasteiger partial charge on any atom is -0.493 e. The first kappa shape index (κ1) is 25.5. The molecule has 0 unspecified atom stereocenters. The van der Waals surface area contributed by atoms with Crippen LogP contribution in [0.15, 0.2) is 48.5 Å².